The summed E-state index contributed by atoms with van der Waals surface area (Å²) in [6, 6.07) is 6.24. The number of aliphatic hydroxyl groups excluding tert-OH is 1. The minimum Gasteiger partial charge on any atom is -0.394 e. The molecule has 0 saturated carbocycles. The van der Waals surface area contributed by atoms with Crippen LogP contribution in [0.3, 0.4) is 0 Å². The van der Waals surface area contributed by atoms with E-state index >= 15 is 0 Å². The Labute approximate surface area is 115 Å². The molecule has 0 aromatic heterocycles. The van der Waals surface area contributed by atoms with E-state index in [9.17, 15) is 5.11 Å². The Morgan fingerprint density at radius 3 is 2.50 bits per heavy atom. The third kappa shape index (κ3) is 3.16. The minimum absolute atomic E-state index is 0.0930. The predicted molar refractivity (Wildman–Crippen MR) is 78.5 cm³/mol. The second-order valence-electron chi connectivity index (χ2n) is 5.25. The summed E-state index contributed by atoms with van der Waals surface area (Å²) < 4.78 is 0. The van der Waals surface area contributed by atoms with E-state index in [4.69, 9.17) is 11.6 Å². The largest absolute Gasteiger partial charge is 0.394 e. The molecule has 0 aliphatic rings. The lowest BCUT2D eigenvalue weighted by Crippen LogP contribution is -2.44. The summed E-state index contributed by atoms with van der Waals surface area (Å²) >= 11 is 6.31. The lowest BCUT2D eigenvalue weighted by Gasteiger charge is -2.36. The molecular formula is C14H23ClN2O. The van der Waals surface area contributed by atoms with Gasteiger partial charge in [-0.3, -0.25) is 0 Å². The molecule has 0 aliphatic carbocycles. The molecule has 0 amide bonds. The molecule has 1 unspecified atom stereocenters. The molecule has 1 aromatic rings. The Balaban J connectivity index is 3.04. The lowest BCUT2D eigenvalue weighted by atomic mass is 10.0. The average Bonchev–Trinajstić information content (AvgIpc) is 2.36. The van der Waals surface area contributed by atoms with Crippen molar-refractivity contribution >= 4 is 17.3 Å². The van der Waals surface area contributed by atoms with Crippen LogP contribution in [0.25, 0.3) is 0 Å². The quantitative estimate of drug-likeness (QED) is 0.864. The third-order valence-electron chi connectivity index (χ3n) is 3.57. The van der Waals surface area contributed by atoms with Crippen molar-refractivity contribution in [2.24, 2.45) is 0 Å². The first-order valence-electron chi connectivity index (χ1n) is 6.15. The van der Waals surface area contributed by atoms with E-state index in [2.05, 4.69) is 12.2 Å². The van der Waals surface area contributed by atoms with Gasteiger partial charge in [0.2, 0.25) is 0 Å². The molecule has 3 nitrogen and oxygen atoms in total. The van der Waals surface area contributed by atoms with Gasteiger partial charge in [0.05, 0.1) is 12.1 Å². The normalized spacial score (nSPS) is 13.5. The van der Waals surface area contributed by atoms with Crippen LogP contribution in [0.15, 0.2) is 18.2 Å². The Morgan fingerprint density at radius 1 is 1.44 bits per heavy atom. The summed E-state index contributed by atoms with van der Waals surface area (Å²) in [5.41, 5.74) is 1.78. The maximum atomic E-state index is 9.39. The fourth-order valence-corrected chi connectivity index (χ4v) is 2.03. The number of likely N-dealkylation sites (N-methyl/N-ethyl adjacent to an activating group) is 1. The van der Waals surface area contributed by atoms with Crippen LogP contribution < -0.4 is 10.2 Å². The van der Waals surface area contributed by atoms with Gasteiger partial charge in [0.25, 0.3) is 0 Å². The summed E-state index contributed by atoms with van der Waals surface area (Å²) in [6.45, 7) is 6.15. The molecule has 0 saturated heterocycles. The highest BCUT2D eigenvalue weighted by Crippen LogP contribution is 2.30. The van der Waals surface area contributed by atoms with Gasteiger partial charge in [-0.1, -0.05) is 17.7 Å². The first-order valence-corrected chi connectivity index (χ1v) is 6.52. The Morgan fingerprint density at radius 2 is 2.06 bits per heavy atom. The average molecular weight is 271 g/mol. The maximum absolute atomic E-state index is 9.39. The highest BCUT2D eigenvalue weighted by Gasteiger charge is 2.23. The predicted octanol–water partition coefficient (Wildman–Crippen LogP) is 2.83. The fourth-order valence-electron chi connectivity index (χ4n) is 1.69. The number of nitrogens with zero attached hydrogens (tertiary/aromatic N) is 1. The zero-order chi connectivity index (χ0) is 13.9. The molecule has 1 atom stereocenters. The van der Waals surface area contributed by atoms with Crippen LogP contribution in [0.4, 0.5) is 5.69 Å². The number of aliphatic hydroxyl groups is 1. The molecule has 0 spiro atoms. The van der Waals surface area contributed by atoms with Crippen molar-refractivity contribution in [3.63, 3.8) is 0 Å². The zero-order valence-electron chi connectivity index (χ0n) is 11.8. The number of hydrogen-bond acceptors (Lipinski definition) is 3. The Kier molecular flexibility index (Phi) is 5.02. The van der Waals surface area contributed by atoms with Crippen molar-refractivity contribution < 1.29 is 5.11 Å². The number of benzene rings is 1. The third-order valence-corrected chi connectivity index (χ3v) is 3.89. The van der Waals surface area contributed by atoms with Gasteiger partial charge in [-0.2, -0.15) is 0 Å². The van der Waals surface area contributed by atoms with Crippen LogP contribution in [0.1, 0.15) is 32.4 Å². The molecule has 0 aliphatic heterocycles. The number of hydrogen-bond donors (Lipinski definition) is 2. The van der Waals surface area contributed by atoms with Gasteiger partial charge in [0.15, 0.2) is 0 Å². The first-order chi connectivity index (χ1) is 8.33. The van der Waals surface area contributed by atoms with E-state index in [0.717, 1.165) is 16.3 Å². The van der Waals surface area contributed by atoms with Gasteiger partial charge >= 0.3 is 0 Å². The van der Waals surface area contributed by atoms with Crippen LogP contribution in [-0.4, -0.2) is 31.3 Å². The number of halogens is 1. The van der Waals surface area contributed by atoms with E-state index in [1.54, 1.807) is 0 Å². The molecule has 0 radical (unpaired) electrons. The summed E-state index contributed by atoms with van der Waals surface area (Å²) in [6.07, 6.45) is 0. The molecule has 1 aromatic carbocycles. The molecule has 0 heterocycles. The standard InChI is InChI=1S/C14H23ClN2O/c1-10(16-4)12-7-6-11(8-13(12)15)17(5)14(2,3)9-18/h6-8,10,16,18H,9H2,1-5H3. The van der Waals surface area contributed by atoms with Gasteiger partial charge in [-0.25, -0.2) is 0 Å². The molecule has 4 heteroatoms. The summed E-state index contributed by atoms with van der Waals surface area (Å²) in [7, 11) is 3.87. The van der Waals surface area contributed by atoms with Crippen LogP contribution in [0.5, 0.6) is 0 Å². The molecule has 0 bridgehead atoms. The molecule has 1 rings (SSSR count). The highest BCUT2D eigenvalue weighted by molar-refractivity contribution is 6.31. The van der Waals surface area contributed by atoms with E-state index in [-0.39, 0.29) is 18.2 Å². The van der Waals surface area contributed by atoms with E-state index in [1.807, 2.05) is 51.0 Å². The zero-order valence-corrected chi connectivity index (χ0v) is 12.5. The molecule has 0 fully saturated rings. The van der Waals surface area contributed by atoms with Crippen molar-refractivity contribution in [2.45, 2.75) is 32.4 Å². The number of anilines is 1. The summed E-state index contributed by atoms with van der Waals surface area (Å²) in [4.78, 5) is 2.03. The van der Waals surface area contributed by atoms with Gasteiger partial charge < -0.3 is 15.3 Å². The van der Waals surface area contributed by atoms with Crippen LogP contribution in [0, 0.1) is 0 Å². The number of nitrogens with one attached hydrogen (secondary N) is 1. The van der Waals surface area contributed by atoms with E-state index < -0.39 is 0 Å². The van der Waals surface area contributed by atoms with Crippen LogP contribution >= 0.6 is 11.6 Å². The SMILES string of the molecule is CNC(C)c1ccc(N(C)C(C)(C)CO)cc1Cl. The Bertz CT molecular complexity index is 407. The van der Waals surface area contributed by atoms with Gasteiger partial charge in [-0.05, 0) is 45.5 Å². The summed E-state index contributed by atoms with van der Waals surface area (Å²) in [5.74, 6) is 0. The maximum Gasteiger partial charge on any atom is 0.0658 e. The van der Waals surface area contributed by atoms with Gasteiger partial charge in [0.1, 0.15) is 0 Å². The van der Waals surface area contributed by atoms with Crippen molar-refractivity contribution in [1.82, 2.24) is 5.32 Å². The van der Waals surface area contributed by atoms with Crippen LogP contribution in [-0.2, 0) is 0 Å². The van der Waals surface area contributed by atoms with E-state index in [0.29, 0.717) is 0 Å². The molecule has 18 heavy (non-hydrogen) atoms. The second kappa shape index (κ2) is 5.91. The van der Waals surface area contributed by atoms with Gasteiger partial charge in [-0.15, -0.1) is 0 Å². The van der Waals surface area contributed by atoms with Crippen molar-refractivity contribution in [3.05, 3.63) is 28.8 Å². The molecule has 102 valence electrons. The minimum atomic E-state index is -0.306. The second-order valence-corrected chi connectivity index (χ2v) is 5.65. The number of rotatable bonds is 5. The van der Waals surface area contributed by atoms with Crippen molar-refractivity contribution in [1.29, 1.82) is 0 Å². The smallest absolute Gasteiger partial charge is 0.0658 e. The molecular weight excluding hydrogens is 248 g/mol. The van der Waals surface area contributed by atoms with Crippen molar-refractivity contribution in [3.8, 4) is 0 Å². The van der Waals surface area contributed by atoms with Crippen molar-refractivity contribution in [2.75, 3.05) is 25.6 Å². The lowest BCUT2D eigenvalue weighted by molar-refractivity contribution is 0.216. The fraction of sp³-hybridized carbons (Fsp3) is 0.571. The topological polar surface area (TPSA) is 35.5 Å². The van der Waals surface area contributed by atoms with Gasteiger partial charge in [0, 0.05) is 23.8 Å². The van der Waals surface area contributed by atoms with E-state index in [1.165, 1.54) is 0 Å². The molecule has 2 N–H and O–H groups in total. The Hall–Kier alpha value is -0.770. The monoisotopic (exact) mass is 270 g/mol. The first kappa shape index (κ1) is 15.3. The highest BCUT2D eigenvalue weighted by atomic mass is 35.5. The van der Waals surface area contributed by atoms with Crippen LogP contribution in [0.2, 0.25) is 5.02 Å². The summed E-state index contributed by atoms with van der Waals surface area (Å²) in [5, 5.41) is 13.3.